The SMILES string of the molecule is CNC(c1cc(C)c(Cl)s1)C1C(C)(C)C1(C)C. The second-order valence-electron chi connectivity index (χ2n) is 6.29. The van der Waals surface area contributed by atoms with E-state index in [0.717, 1.165) is 4.34 Å². The maximum Gasteiger partial charge on any atom is 0.0960 e. The molecule has 0 aromatic carbocycles. The lowest BCUT2D eigenvalue weighted by molar-refractivity contribution is 0.444. The van der Waals surface area contributed by atoms with E-state index in [2.05, 4.69) is 53.0 Å². The van der Waals surface area contributed by atoms with E-state index >= 15 is 0 Å². The van der Waals surface area contributed by atoms with Gasteiger partial charge in [-0.15, -0.1) is 11.3 Å². The van der Waals surface area contributed by atoms with Gasteiger partial charge in [0, 0.05) is 10.9 Å². The van der Waals surface area contributed by atoms with Gasteiger partial charge in [-0.05, 0) is 42.3 Å². The van der Waals surface area contributed by atoms with Gasteiger partial charge in [0.15, 0.2) is 0 Å². The van der Waals surface area contributed by atoms with Crippen LogP contribution in [-0.4, -0.2) is 7.05 Å². The minimum Gasteiger partial charge on any atom is -0.312 e. The maximum absolute atomic E-state index is 6.19. The van der Waals surface area contributed by atoms with Crippen molar-refractivity contribution in [2.45, 2.75) is 40.7 Å². The largest absolute Gasteiger partial charge is 0.312 e. The smallest absolute Gasteiger partial charge is 0.0960 e. The van der Waals surface area contributed by atoms with E-state index in [1.165, 1.54) is 10.4 Å². The monoisotopic (exact) mass is 271 g/mol. The lowest BCUT2D eigenvalue weighted by Gasteiger charge is -2.16. The molecule has 0 radical (unpaired) electrons. The van der Waals surface area contributed by atoms with E-state index in [1.54, 1.807) is 11.3 Å². The average molecular weight is 272 g/mol. The van der Waals surface area contributed by atoms with Crippen LogP contribution >= 0.6 is 22.9 Å². The van der Waals surface area contributed by atoms with E-state index in [0.29, 0.717) is 22.8 Å². The van der Waals surface area contributed by atoms with Gasteiger partial charge in [-0.3, -0.25) is 0 Å². The van der Waals surface area contributed by atoms with Crippen LogP contribution in [0, 0.1) is 23.7 Å². The van der Waals surface area contributed by atoms with E-state index in [4.69, 9.17) is 11.6 Å². The van der Waals surface area contributed by atoms with Crippen molar-refractivity contribution in [1.29, 1.82) is 0 Å². The molecule has 1 N–H and O–H groups in total. The lowest BCUT2D eigenvalue weighted by atomic mass is 10.0. The number of rotatable bonds is 3. The average Bonchev–Trinajstić information content (AvgIpc) is 2.51. The third-order valence-electron chi connectivity index (χ3n) is 4.96. The van der Waals surface area contributed by atoms with Gasteiger partial charge < -0.3 is 5.32 Å². The highest BCUT2D eigenvalue weighted by atomic mass is 35.5. The van der Waals surface area contributed by atoms with Crippen LogP contribution in [0.3, 0.4) is 0 Å². The Labute approximate surface area is 114 Å². The zero-order chi connectivity index (χ0) is 13.0. The Morgan fingerprint density at radius 1 is 1.29 bits per heavy atom. The Morgan fingerprint density at radius 3 is 2.12 bits per heavy atom. The van der Waals surface area contributed by atoms with Gasteiger partial charge in [0.25, 0.3) is 0 Å². The summed E-state index contributed by atoms with van der Waals surface area (Å²) in [6.45, 7) is 11.5. The molecule has 1 heterocycles. The van der Waals surface area contributed by atoms with Crippen molar-refractivity contribution in [3.8, 4) is 0 Å². The number of aryl methyl sites for hydroxylation is 1. The van der Waals surface area contributed by atoms with Crippen LogP contribution in [0.15, 0.2) is 6.07 Å². The van der Waals surface area contributed by atoms with Crippen molar-refractivity contribution in [2.75, 3.05) is 7.05 Å². The molecule has 0 saturated heterocycles. The molecular formula is C14H22ClNS. The summed E-state index contributed by atoms with van der Waals surface area (Å²) >= 11 is 7.91. The predicted molar refractivity (Wildman–Crippen MR) is 76.9 cm³/mol. The minimum atomic E-state index is 0.394. The first-order valence-corrected chi connectivity index (χ1v) is 7.36. The summed E-state index contributed by atoms with van der Waals surface area (Å²) in [5.41, 5.74) is 1.99. The molecule has 1 aromatic rings. The van der Waals surface area contributed by atoms with Gasteiger partial charge in [0.05, 0.1) is 4.34 Å². The van der Waals surface area contributed by atoms with E-state index in [-0.39, 0.29) is 0 Å². The quantitative estimate of drug-likeness (QED) is 0.844. The maximum atomic E-state index is 6.19. The first kappa shape index (κ1) is 13.4. The molecule has 1 aliphatic carbocycles. The summed E-state index contributed by atoms with van der Waals surface area (Å²) in [7, 11) is 2.05. The highest BCUT2D eigenvalue weighted by molar-refractivity contribution is 7.16. The fraction of sp³-hybridized carbons (Fsp3) is 0.714. The van der Waals surface area contributed by atoms with Gasteiger partial charge in [0.1, 0.15) is 0 Å². The first-order valence-electron chi connectivity index (χ1n) is 6.16. The zero-order valence-electron chi connectivity index (χ0n) is 11.5. The molecule has 0 bridgehead atoms. The molecule has 1 nitrogen and oxygen atoms in total. The first-order chi connectivity index (χ1) is 7.73. The van der Waals surface area contributed by atoms with Gasteiger partial charge in [-0.2, -0.15) is 0 Å². The summed E-state index contributed by atoms with van der Waals surface area (Å²) in [6, 6.07) is 2.66. The molecule has 0 amide bonds. The fourth-order valence-electron chi connectivity index (χ4n) is 3.19. The Bertz CT molecular complexity index is 400. The van der Waals surface area contributed by atoms with Crippen LogP contribution < -0.4 is 5.32 Å². The van der Waals surface area contributed by atoms with Gasteiger partial charge in [-0.25, -0.2) is 0 Å². The summed E-state index contributed by atoms with van der Waals surface area (Å²) in [5, 5.41) is 3.48. The fourth-order valence-corrected chi connectivity index (χ4v) is 4.56. The van der Waals surface area contributed by atoms with Crippen LogP contribution in [0.2, 0.25) is 4.34 Å². The molecule has 2 rings (SSSR count). The Kier molecular flexibility index (Phi) is 3.13. The van der Waals surface area contributed by atoms with Gasteiger partial charge in [0.2, 0.25) is 0 Å². The standard InChI is InChI=1S/C14H22ClNS/c1-8-7-9(17-12(8)15)10(16-6)11-13(2,3)14(11,4)5/h7,10-11,16H,1-6H3. The van der Waals surface area contributed by atoms with E-state index in [9.17, 15) is 0 Å². The zero-order valence-corrected chi connectivity index (χ0v) is 13.1. The van der Waals surface area contributed by atoms with Crippen molar-refractivity contribution in [2.24, 2.45) is 16.7 Å². The third kappa shape index (κ3) is 1.85. The molecule has 17 heavy (non-hydrogen) atoms. The van der Waals surface area contributed by atoms with Crippen LogP contribution in [0.1, 0.15) is 44.2 Å². The Hall–Kier alpha value is -0.0500. The number of hydrogen-bond acceptors (Lipinski definition) is 2. The second kappa shape index (κ2) is 3.97. The number of thiophene rings is 1. The Morgan fingerprint density at radius 2 is 1.82 bits per heavy atom. The highest BCUT2D eigenvalue weighted by Gasteiger charge is 2.67. The van der Waals surface area contributed by atoms with Crippen molar-refractivity contribution in [3.05, 3.63) is 20.8 Å². The van der Waals surface area contributed by atoms with E-state index in [1.807, 2.05) is 0 Å². The van der Waals surface area contributed by atoms with Crippen LogP contribution in [0.5, 0.6) is 0 Å². The van der Waals surface area contributed by atoms with Gasteiger partial charge in [-0.1, -0.05) is 39.3 Å². The molecule has 1 aromatic heterocycles. The van der Waals surface area contributed by atoms with Crippen molar-refractivity contribution in [3.63, 3.8) is 0 Å². The normalized spacial score (nSPS) is 23.7. The molecule has 1 saturated carbocycles. The molecule has 0 spiro atoms. The van der Waals surface area contributed by atoms with Gasteiger partial charge >= 0.3 is 0 Å². The predicted octanol–water partition coefficient (Wildman–Crippen LogP) is 4.65. The number of halogens is 1. The molecule has 0 aliphatic heterocycles. The number of nitrogens with one attached hydrogen (secondary N) is 1. The van der Waals surface area contributed by atoms with Crippen LogP contribution in [0.4, 0.5) is 0 Å². The topological polar surface area (TPSA) is 12.0 Å². The molecule has 1 aliphatic rings. The summed E-state index contributed by atoms with van der Waals surface area (Å²) < 4.78 is 0.927. The summed E-state index contributed by atoms with van der Waals surface area (Å²) in [4.78, 5) is 1.37. The van der Waals surface area contributed by atoms with Crippen LogP contribution in [-0.2, 0) is 0 Å². The lowest BCUT2D eigenvalue weighted by Crippen LogP contribution is -2.20. The van der Waals surface area contributed by atoms with Crippen molar-refractivity contribution < 1.29 is 0 Å². The highest BCUT2D eigenvalue weighted by Crippen LogP contribution is 2.72. The molecule has 1 unspecified atom stereocenters. The van der Waals surface area contributed by atoms with Crippen molar-refractivity contribution in [1.82, 2.24) is 5.32 Å². The summed E-state index contributed by atoms with van der Waals surface area (Å²) in [5.74, 6) is 0.675. The molecule has 1 atom stereocenters. The molecule has 1 fully saturated rings. The molecule has 3 heteroatoms. The molecule has 96 valence electrons. The summed E-state index contributed by atoms with van der Waals surface area (Å²) in [6.07, 6.45) is 0. The van der Waals surface area contributed by atoms with E-state index < -0.39 is 0 Å². The van der Waals surface area contributed by atoms with Crippen LogP contribution in [0.25, 0.3) is 0 Å². The van der Waals surface area contributed by atoms with Crippen molar-refractivity contribution >= 4 is 22.9 Å². The molecular weight excluding hydrogens is 250 g/mol. The minimum absolute atomic E-state index is 0.394. The Balaban J connectivity index is 2.31. The second-order valence-corrected chi connectivity index (χ2v) is 7.98. The number of hydrogen-bond donors (Lipinski definition) is 1. The third-order valence-corrected chi connectivity index (χ3v) is 6.60.